The highest BCUT2D eigenvalue weighted by Crippen LogP contribution is 2.20. The lowest BCUT2D eigenvalue weighted by Gasteiger charge is -2.11. The SMILES string of the molecule is COc1ccc(CNc2cc(Nc3ccccc3F)nc(C)n2)cc1. The molecule has 3 aromatic rings. The fourth-order valence-corrected chi connectivity index (χ4v) is 2.36. The third-order valence-corrected chi connectivity index (χ3v) is 3.61. The lowest BCUT2D eigenvalue weighted by atomic mass is 10.2. The molecule has 2 aromatic carbocycles. The van der Waals surface area contributed by atoms with Crippen molar-refractivity contribution in [1.29, 1.82) is 0 Å². The van der Waals surface area contributed by atoms with Gasteiger partial charge >= 0.3 is 0 Å². The summed E-state index contributed by atoms with van der Waals surface area (Å²) >= 11 is 0. The van der Waals surface area contributed by atoms with Crippen molar-refractivity contribution in [1.82, 2.24) is 9.97 Å². The monoisotopic (exact) mass is 338 g/mol. The largest absolute Gasteiger partial charge is 0.497 e. The van der Waals surface area contributed by atoms with E-state index in [1.807, 2.05) is 24.3 Å². The molecule has 1 aromatic heterocycles. The molecule has 0 aliphatic heterocycles. The molecule has 0 aliphatic rings. The molecule has 128 valence electrons. The van der Waals surface area contributed by atoms with Crippen LogP contribution in [0.3, 0.4) is 0 Å². The number of nitrogens with zero attached hydrogens (tertiary/aromatic N) is 2. The van der Waals surface area contributed by atoms with Gasteiger partial charge in [-0.3, -0.25) is 0 Å². The van der Waals surface area contributed by atoms with Crippen molar-refractivity contribution in [3.05, 3.63) is 71.8 Å². The second-order valence-corrected chi connectivity index (χ2v) is 5.49. The smallest absolute Gasteiger partial charge is 0.146 e. The second-order valence-electron chi connectivity index (χ2n) is 5.49. The molecular weight excluding hydrogens is 319 g/mol. The Morgan fingerprint density at radius 3 is 2.44 bits per heavy atom. The summed E-state index contributed by atoms with van der Waals surface area (Å²) in [6.45, 7) is 2.41. The number of rotatable bonds is 6. The summed E-state index contributed by atoms with van der Waals surface area (Å²) in [6.07, 6.45) is 0. The molecule has 0 saturated carbocycles. The second kappa shape index (κ2) is 7.61. The average molecular weight is 338 g/mol. The van der Waals surface area contributed by atoms with Gasteiger partial charge in [-0.25, -0.2) is 14.4 Å². The van der Waals surface area contributed by atoms with Gasteiger partial charge in [0.15, 0.2) is 0 Å². The van der Waals surface area contributed by atoms with Gasteiger partial charge in [0, 0.05) is 12.6 Å². The van der Waals surface area contributed by atoms with Gasteiger partial charge in [-0.05, 0) is 36.8 Å². The molecule has 0 saturated heterocycles. The molecule has 6 heteroatoms. The Morgan fingerprint density at radius 2 is 1.72 bits per heavy atom. The van der Waals surface area contributed by atoms with E-state index in [4.69, 9.17) is 4.74 Å². The fourth-order valence-electron chi connectivity index (χ4n) is 2.36. The maximum absolute atomic E-state index is 13.8. The van der Waals surface area contributed by atoms with Gasteiger partial charge < -0.3 is 15.4 Å². The number of hydrogen-bond donors (Lipinski definition) is 2. The van der Waals surface area contributed by atoms with E-state index in [-0.39, 0.29) is 5.82 Å². The highest BCUT2D eigenvalue weighted by Gasteiger charge is 2.05. The van der Waals surface area contributed by atoms with E-state index >= 15 is 0 Å². The van der Waals surface area contributed by atoms with Gasteiger partial charge in [-0.15, -0.1) is 0 Å². The lowest BCUT2D eigenvalue weighted by molar-refractivity contribution is 0.414. The van der Waals surface area contributed by atoms with Crippen LogP contribution < -0.4 is 15.4 Å². The Bertz CT molecular complexity index is 852. The number of benzene rings is 2. The summed E-state index contributed by atoms with van der Waals surface area (Å²) in [7, 11) is 1.64. The number of para-hydroxylation sites is 1. The van der Waals surface area contributed by atoms with Crippen molar-refractivity contribution in [2.75, 3.05) is 17.7 Å². The van der Waals surface area contributed by atoms with Crippen LogP contribution in [0.2, 0.25) is 0 Å². The number of aryl methyl sites for hydroxylation is 1. The van der Waals surface area contributed by atoms with Crippen molar-refractivity contribution >= 4 is 17.3 Å². The molecule has 0 spiro atoms. The normalized spacial score (nSPS) is 10.4. The van der Waals surface area contributed by atoms with Crippen LogP contribution in [0.4, 0.5) is 21.7 Å². The highest BCUT2D eigenvalue weighted by atomic mass is 19.1. The van der Waals surface area contributed by atoms with Crippen molar-refractivity contribution in [3.8, 4) is 5.75 Å². The maximum Gasteiger partial charge on any atom is 0.146 e. The molecule has 0 atom stereocenters. The predicted molar refractivity (Wildman–Crippen MR) is 96.8 cm³/mol. The average Bonchev–Trinajstić information content (AvgIpc) is 2.62. The summed E-state index contributed by atoms with van der Waals surface area (Å²) in [6, 6.07) is 16.0. The minimum atomic E-state index is -0.327. The van der Waals surface area contributed by atoms with E-state index in [1.54, 1.807) is 38.3 Å². The van der Waals surface area contributed by atoms with E-state index in [2.05, 4.69) is 20.6 Å². The quantitative estimate of drug-likeness (QED) is 0.702. The zero-order valence-corrected chi connectivity index (χ0v) is 14.1. The summed E-state index contributed by atoms with van der Waals surface area (Å²) in [4.78, 5) is 8.67. The molecule has 0 amide bonds. The minimum Gasteiger partial charge on any atom is -0.497 e. The number of nitrogens with one attached hydrogen (secondary N) is 2. The van der Waals surface area contributed by atoms with Crippen LogP contribution in [0.15, 0.2) is 54.6 Å². The first kappa shape index (κ1) is 16.7. The van der Waals surface area contributed by atoms with Crippen LogP contribution in [0.1, 0.15) is 11.4 Å². The van der Waals surface area contributed by atoms with E-state index in [1.165, 1.54) is 6.07 Å². The Morgan fingerprint density at radius 1 is 1.00 bits per heavy atom. The van der Waals surface area contributed by atoms with Crippen molar-refractivity contribution in [3.63, 3.8) is 0 Å². The van der Waals surface area contributed by atoms with E-state index < -0.39 is 0 Å². The van der Waals surface area contributed by atoms with Gasteiger partial charge in [0.2, 0.25) is 0 Å². The first-order valence-electron chi connectivity index (χ1n) is 7.88. The molecule has 5 nitrogen and oxygen atoms in total. The molecule has 25 heavy (non-hydrogen) atoms. The Balaban J connectivity index is 1.71. The summed E-state index contributed by atoms with van der Waals surface area (Å²) in [5, 5.41) is 6.24. The number of anilines is 3. The fraction of sp³-hybridized carbons (Fsp3) is 0.158. The minimum absolute atomic E-state index is 0.327. The van der Waals surface area contributed by atoms with E-state index in [9.17, 15) is 4.39 Å². The van der Waals surface area contributed by atoms with Crippen LogP contribution >= 0.6 is 0 Å². The number of hydrogen-bond acceptors (Lipinski definition) is 5. The summed E-state index contributed by atoms with van der Waals surface area (Å²) < 4.78 is 18.9. The van der Waals surface area contributed by atoms with Gasteiger partial charge in [0.05, 0.1) is 12.8 Å². The van der Waals surface area contributed by atoms with Crippen molar-refractivity contribution in [2.24, 2.45) is 0 Å². The molecule has 1 heterocycles. The van der Waals surface area contributed by atoms with Crippen LogP contribution in [-0.4, -0.2) is 17.1 Å². The van der Waals surface area contributed by atoms with Crippen LogP contribution in [0.25, 0.3) is 0 Å². The Kier molecular flexibility index (Phi) is 5.09. The van der Waals surface area contributed by atoms with Crippen molar-refractivity contribution < 1.29 is 9.13 Å². The van der Waals surface area contributed by atoms with Gasteiger partial charge in [-0.1, -0.05) is 24.3 Å². The molecular formula is C19H19FN4O. The molecule has 0 unspecified atom stereocenters. The van der Waals surface area contributed by atoms with Crippen LogP contribution in [0.5, 0.6) is 5.75 Å². The maximum atomic E-state index is 13.8. The van der Waals surface area contributed by atoms with Gasteiger partial charge in [-0.2, -0.15) is 0 Å². The number of aromatic nitrogens is 2. The summed E-state index contributed by atoms with van der Waals surface area (Å²) in [5.74, 6) is 2.29. The van der Waals surface area contributed by atoms with Crippen LogP contribution in [0, 0.1) is 12.7 Å². The van der Waals surface area contributed by atoms with Gasteiger partial charge in [0.1, 0.15) is 29.0 Å². The Labute approximate surface area is 145 Å². The molecule has 0 fully saturated rings. The Hall–Kier alpha value is -3.15. The molecule has 0 bridgehead atoms. The highest BCUT2D eigenvalue weighted by molar-refractivity contribution is 5.59. The third kappa shape index (κ3) is 4.44. The van der Waals surface area contributed by atoms with Crippen LogP contribution in [-0.2, 0) is 6.54 Å². The van der Waals surface area contributed by atoms with E-state index in [0.29, 0.717) is 29.7 Å². The third-order valence-electron chi connectivity index (χ3n) is 3.61. The molecule has 0 radical (unpaired) electrons. The van der Waals surface area contributed by atoms with Gasteiger partial charge in [0.25, 0.3) is 0 Å². The standard InChI is InChI=1S/C19H19FN4O/c1-13-22-18(21-12-14-7-9-15(25-2)10-8-14)11-19(23-13)24-17-6-4-3-5-16(17)20/h3-11H,12H2,1-2H3,(H2,21,22,23,24). The zero-order chi connectivity index (χ0) is 17.6. The van der Waals surface area contributed by atoms with Crippen molar-refractivity contribution in [2.45, 2.75) is 13.5 Å². The molecule has 0 aliphatic carbocycles. The number of ether oxygens (including phenoxy) is 1. The predicted octanol–water partition coefficient (Wildman–Crippen LogP) is 4.29. The first-order chi connectivity index (χ1) is 12.1. The number of halogens is 1. The summed E-state index contributed by atoms with van der Waals surface area (Å²) in [5.41, 5.74) is 1.47. The number of methoxy groups -OCH3 is 1. The molecule has 3 rings (SSSR count). The topological polar surface area (TPSA) is 59.1 Å². The molecule has 2 N–H and O–H groups in total. The van der Waals surface area contributed by atoms with E-state index in [0.717, 1.165) is 11.3 Å². The first-order valence-corrected chi connectivity index (χ1v) is 7.88. The zero-order valence-electron chi connectivity index (χ0n) is 14.1. The lowest BCUT2D eigenvalue weighted by Crippen LogP contribution is -2.05.